The van der Waals surface area contributed by atoms with Crippen LogP contribution in [0.15, 0.2) is 0 Å². The number of hydrogen-bond donors (Lipinski definition) is 1. The van der Waals surface area contributed by atoms with Crippen molar-refractivity contribution < 1.29 is 24.2 Å². The molecule has 0 aromatic carbocycles. The Bertz CT molecular complexity index is 340. The minimum absolute atomic E-state index is 0.102. The van der Waals surface area contributed by atoms with Gasteiger partial charge in [0.1, 0.15) is 17.2 Å². The lowest BCUT2D eigenvalue weighted by Crippen LogP contribution is -2.47. The molecule has 0 saturated carbocycles. The van der Waals surface area contributed by atoms with Gasteiger partial charge in [-0.15, -0.1) is 0 Å². The molecule has 20 heavy (non-hydrogen) atoms. The quantitative estimate of drug-likeness (QED) is 0.800. The van der Waals surface area contributed by atoms with Crippen LogP contribution in [0.2, 0.25) is 0 Å². The smallest absolute Gasteiger partial charge is 0.410 e. The highest BCUT2D eigenvalue weighted by Crippen LogP contribution is 2.16. The summed E-state index contributed by atoms with van der Waals surface area (Å²) in [6.45, 7) is 10.2. The van der Waals surface area contributed by atoms with Crippen molar-refractivity contribution in [1.29, 1.82) is 0 Å². The van der Waals surface area contributed by atoms with Gasteiger partial charge in [0.15, 0.2) is 0 Å². The monoisotopic (exact) mass is 289 g/mol. The molecule has 0 aromatic rings. The van der Waals surface area contributed by atoms with Crippen LogP contribution in [0.4, 0.5) is 4.79 Å². The molecule has 0 radical (unpaired) electrons. The van der Waals surface area contributed by atoms with Crippen LogP contribution in [-0.4, -0.2) is 53.0 Å². The van der Waals surface area contributed by atoms with Gasteiger partial charge >= 0.3 is 12.1 Å². The molecular formula is C14H27NO5. The lowest BCUT2D eigenvalue weighted by Gasteiger charge is -2.31. The predicted molar refractivity (Wildman–Crippen MR) is 75.3 cm³/mol. The molecule has 0 fully saturated rings. The number of carbonyl (C=O) groups excluding carboxylic acids is 2. The number of nitrogens with zero attached hydrogens (tertiary/aromatic N) is 1. The fraction of sp³-hybridized carbons (Fsp3) is 0.857. The maximum absolute atomic E-state index is 12.1. The van der Waals surface area contributed by atoms with E-state index in [9.17, 15) is 9.59 Å². The van der Waals surface area contributed by atoms with Gasteiger partial charge in [0.25, 0.3) is 0 Å². The summed E-state index contributed by atoms with van der Waals surface area (Å²) in [4.78, 5) is 25.2. The summed E-state index contributed by atoms with van der Waals surface area (Å²) in [6, 6.07) is -0.867. The maximum atomic E-state index is 12.1. The molecule has 0 rings (SSSR count). The Morgan fingerprint density at radius 3 is 1.85 bits per heavy atom. The first-order valence-electron chi connectivity index (χ1n) is 6.67. The van der Waals surface area contributed by atoms with Gasteiger partial charge in [-0.05, 0) is 41.5 Å². The average Bonchev–Trinajstić information content (AvgIpc) is 2.19. The summed E-state index contributed by atoms with van der Waals surface area (Å²) in [6.07, 6.45) is -0.521. The van der Waals surface area contributed by atoms with Gasteiger partial charge in [-0.3, -0.25) is 4.90 Å². The first-order chi connectivity index (χ1) is 8.87. The van der Waals surface area contributed by atoms with Gasteiger partial charge in [-0.2, -0.15) is 0 Å². The lowest BCUT2D eigenvalue weighted by molar-refractivity contribution is -0.161. The number of amides is 1. The van der Waals surface area contributed by atoms with Crippen LogP contribution in [0.5, 0.6) is 0 Å². The third-order valence-electron chi connectivity index (χ3n) is 2.23. The Balaban J connectivity index is 4.90. The molecule has 1 amide bonds. The number of esters is 1. The summed E-state index contributed by atoms with van der Waals surface area (Å²) < 4.78 is 10.5. The van der Waals surface area contributed by atoms with Crippen molar-refractivity contribution in [1.82, 2.24) is 4.90 Å². The third-order valence-corrected chi connectivity index (χ3v) is 2.23. The highest BCUT2D eigenvalue weighted by atomic mass is 16.6. The third kappa shape index (κ3) is 7.33. The fourth-order valence-electron chi connectivity index (χ4n) is 1.42. The van der Waals surface area contributed by atoms with Crippen molar-refractivity contribution in [2.24, 2.45) is 0 Å². The molecule has 118 valence electrons. The van der Waals surface area contributed by atoms with E-state index >= 15 is 0 Å². The van der Waals surface area contributed by atoms with Crippen molar-refractivity contribution in [3.63, 3.8) is 0 Å². The molecule has 0 saturated heterocycles. The first-order valence-corrected chi connectivity index (χ1v) is 6.67. The highest BCUT2D eigenvalue weighted by molar-refractivity contribution is 5.81. The number of aliphatic hydroxyl groups is 1. The van der Waals surface area contributed by atoms with Gasteiger partial charge in [-0.25, -0.2) is 9.59 Å². The minimum atomic E-state index is -0.867. The molecule has 0 spiro atoms. The average molecular weight is 289 g/mol. The lowest BCUT2D eigenvalue weighted by atomic mass is 10.1. The van der Waals surface area contributed by atoms with Crippen LogP contribution in [0.1, 0.15) is 48.0 Å². The number of aliphatic hydroxyl groups excluding tert-OH is 1. The van der Waals surface area contributed by atoms with E-state index in [-0.39, 0.29) is 13.0 Å². The SMILES string of the molecule is CN(C(=O)OC(C)(C)C)C(CCO)C(=O)OC(C)(C)C. The maximum Gasteiger partial charge on any atom is 0.410 e. The zero-order chi connectivity index (χ0) is 16.1. The molecular weight excluding hydrogens is 262 g/mol. The zero-order valence-electron chi connectivity index (χ0n) is 13.5. The van der Waals surface area contributed by atoms with Gasteiger partial charge in [-0.1, -0.05) is 0 Å². The number of hydrogen-bond acceptors (Lipinski definition) is 5. The molecule has 0 aromatic heterocycles. The second kappa shape index (κ2) is 6.92. The van der Waals surface area contributed by atoms with Crippen molar-refractivity contribution in [2.75, 3.05) is 13.7 Å². The molecule has 0 bridgehead atoms. The Kier molecular flexibility index (Phi) is 6.47. The van der Waals surface area contributed by atoms with Crippen molar-refractivity contribution in [2.45, 2.75) is 65.2 Å². The molecule has 1 atom stereocenters. The molecule has 0 heterocycles. The number of likely N-dealkylation sites (N-methyl/N-ethyl adjacent to an activating group) is 1. The largest absolute Gasteiger partial charge is 0.458 e. The minimum Gasteiger partial charge on any atom is -0.458 e. The van der Waals surface area contributed by atoms with Crippen LogP contribution in [0.25, 0.3) is 0 Å². The molecule has 0 aliphatic carbocycles. The van der Waals surface area contributed by atoms with E-state index in [0.717, 1.165) is 4.90 Å². The van der Waals surface area contributed by atoms with Gasteiger partial charge in [0.05, 0.1) is 0 Å². The van der Waals surface area contributed by atoms with Crippen molar-refractivity contribution in [3.8, 4) is 0 Å². The van der Waals surface area contributed by atoms with Crippen LogP contribution < -0.4 is 0 Å². The van der Waals surface area contributed by atoms with Crippen LogP contribution in [-0.2, 0) is 14.3 Å². The number of ether oxygens (including phenoxy) is 2. The Labute approximate surface area is 121 Å². The van der Waals surface area contributed by atoms with Crippen LogP contribution in [0, 0.1) is 0 Å². The molecule has 6 heteroatoms. The Hall–Kier alpha value is -1.30. The van der Waals surface area contributed by atoms with Crippen LogP contribution in [0.3, 0.4) is 0 Å². The topological polar surface area (TPSA) is 76.1 Å². The predicted octanol–water partition coefficient (Wildman–Crippen LogP) is 1.95. The second-order valence-corrected chi connectivity index (χ2v) is 6.65. The number of rotatable bonds is 4. The second-order valence-electron chi connectivity index (χ2n) is 6.65. The summed E-state index contributed by atoms with van der Waals surface area (Å²) in [7, 11) is 1.46. The molecule has 0 aliphatic heterocycles. The van der Waals surface area contributed by atoms with Crippen molar-refractivity contribution in [3.05, 3.63) is 0 Å². The standard InChI is InChI=1S/C14H27NO5/c1-13(2,3)19-11(17)10(8-9-16)15(7)12(18)20-14(4,5)6/h10,16H,8-9H2,1-7H3. The molecule has 0 aliphatic rings. The molecule has 1 unspecified atom stereocenters. The normalized spacial score (nSPS) is 13.6. The van der Waals surface area contributed by atoms with Gasteiger partial charge in [0, 0.05) is 20.1 Å². The van der Waals surface area contributed by atoms with Crippen molar-refractivity contribution >= 4 is 12.1 Å². The Morgan fingerprint density at radius 2 is 1.50 bits per heavy atom. The van der Waals surface area contributed by atoms with E-state index in [0.29, 0.717) is 0 Å². The van der Waals surface area contributed by atoms with E-state index in [1.54, 1.807) is 41.5 Å². The summed E-state index contributed by atoms with van der Waals surface area (Å²) in [5, 5.41) is 9.06. The van der Waals surface area contributed by atoms with Gasteiger partial charge in [0.2, 0.25) is 0 Å². The van der Waals surface area contributed by atoms with E-state index in [1.165, 1.54) is 7.05 Å². The first kappa shape index (κ1) is 18.7. The van der Waals surface area contributed by atoms with E-state index in [1.807, 2.05) is 0 Å². The fourth-order valence-corrected chi connectivity index (χ4v) is 1.42. The summed E-state index contributed by atoms with van der Waals surface area (Å²) in [5.74, 6) is -0.556. The van der Waals surface area contributed by atoms with Crippen LogP contribution >= 0.6 is 0 Å². The Morgan fingerprint density at radius 1 is 1.05 bits per heavy atom. The highest BCUT2D eigenvalue weighted by Gasteiger charge is 2.32. The van der Waals surface area contributed by atoms with E-state index in [4.69, 9.17) is 14.6 Å². The number of carbonyl (C=O) groups is 2. The van der Waals surface area contributed by atoms with E-state index < -0.39 is 29.3 Å². The summed E-state index contributed by atoms with van der Waals surface area (Å²) >= 11 is 0. The molecule has 6 nitrogen and oxygen atoms in total. The summed E-state index contributed by atoms with van der Waals surface area (Å²) in [5.41, 5.74) is -1.30. The van der Waals surface area contributed by atoms with Gasteiger partial charge < -0.3 is 14.6 Å². The molecule has 1 N–H and O–H groups in total. The zero-order valence-corrected chi connectivity index (χ0v) is 13.5. The van der Waals surface area contributed by atoms with E-state index in [2.05, 4.69) is 0 Å².